The molecule has 0 aliphatic carbocycles. The van der Waals surface area contributed by atoms with Gasteiger partial charge < -0.3 is 14.3 Å². The topological polar surface area (TPSA) is 57.0 Å². The summed E-state index contributed by atoms with van der Waals surface area (Å²) in [5.74, 6) is -1.06. The van der Waals surface area contributed by atoms with Gasteiger partial charge in [0.1, 0.15) is 12.7 Å². The third kappa shape index (κ3) is 2.81. The number of carbonyl (C=O) groups is 2. The van der Waals surface area contributed by atoms with Gasteiger partial charge in [0, 0.05) is 5.57 Å². The van der Waals surface area contributed by atoms with E-state index in [1.54, 1.807) is 0 Å². The summed E-state index contributed by atoms with van der Waals surface area (Å²) in [5.41, 5.74) is 0.293. The number of esters is 2. The van der Waals surface area contributed by atoms with Crippen molar-refractivity contribution < 1.29 is 19.1 Å². The van der Waals surface area contributed by atoms with Gasteiger partial charge in [-0.3, -0.25) is 0 Å². The molecule has 0 aromatic rings. The second-order valence-corrected chi connectivity index (χ2v) is 3.32. The zero-order valence-electron chi connectivity index (χ0n) is 8.36. The average molecular weight is 209 g/mol. The largest absolute Gasteiger partial charge is 0.458 e. The van der Waals surface area contributed by atoms with Gasteiger partial charge in [0.05, 0.1) is 6.42 Å². The maximum absolute atomic E-state index is 11.0. The van der Waals surface area contributed by atoms with E-state index in [4.69, 9.17) is 16.0 Å². The lowest BCUT2D eigenvalue weighted by molar-refractivity contribution is -0.150. The molecule has 0 aromatic heterocycles. The van der Waals surface area contributed by atoms with Crippen LogP contribution >= 0.6 is 0 Å². The van der Waals surface area contributed by atoms with Gasteiger partial charge in [-0.2, -0.15) is 0 Å². The molecule has 15 heavy (non-hydrogen) atoms. The Bertz CT molecular complexity index is 342. The molecule has 0 N–H and O–H groups in total. The Balaban J connectivity index is 2.37. The Kier molecular flexibility index (Phi) is 3.45. The molecule has 80 valence electrons. The van der Waals surface area contributed by atoms with Crippen LogP contribution in [0.2, 0.25) is 0 Å². The van der Waals surface area contributed by atoms with E-state index in [0.717, 1.165) is 0 Å². The SMILES string of the molecule is [C-]#[N+]C1CC(COC(=O)C(=C)C)OC1=O. The van der Waals surface area contributed by atoms with Gasteiger partial charge in [-0.1, -0.05) is 6.58 Å². The van der Waals surface area contributed by atoms with Crippen LogP contribution in [0.5, 0.6) is 0 Å². The summed E-state index contributed by atoms with van der Waals surface area (Å²) in [5, 5.41) is 0. The number of rotatable bonds is 3. The lowest BCUT2D eigenvalue weighted by atomic mass is 10.2. The van der Waals surface area contributed by atoms with E-state index in [-0.39, 0.29) is 13.0 Å². The molecular weight excluding hydrogens is 198 g/mol. The maximum Gasteiger partial charge on any atom is 0.390 e. The van der Waals surface area contributed by atoms with Gasteiger partial charge in [0.2, 0.25) is 0 Å². The molecule has 1 aliphatic heterocycles. The molecule has 0 radical (unpaired) electrons. The van der Waals surface area contributed by atoms with E-state index >= 15 is 0 Å². The van der Waals surface area contributed by atoms with Crippen LogP contribution in [0.1, 0.15) is 13.3 Å². The smallest absolute Gasteiger partial charge is 0.390 e. The van der Waals surface area contributed by atoms with E-state index in [1.807, 2.05) is 0 Å². The van der Waals surface area contributed by atoms with Crippen molar-refractivity contribution in [2.24, 2.45) is 0 Å². The van der Waals surface area contributed by atoms with Crippen LogP contribution in [0.25, 0.3) is 4.85 Å². The predicted molar refractivity (Wildman–Crippen MR) is 50.7 cm³/mol. The fourth-order valence-corrected chi connectivity index (χ4v) is 1.14. The van der Waals surface area contributed by atoms with Crippen molar-refractivity contribution in [2.45, 2.75) is 25.5 Å². The zero-order valence-corrected chi connectivity index (χ0v) is 8.36. The highest BCUT2D eigenvalue weighted by atomic mass is 16.6. The van der Waals surface area contributed by atoms with Crippen molar-refractivity contribution in [2.75, 3.05) is 6.61 Å². The fourth-order valence-electron chi connectivity index (χ4n) is 1.14. The van der Waals surface area contributed by atoms with E-state index < -0.39 is 24.1 Å². The molecular formula is C10H11NO4. The number of hydrogen-bond donors (Lipinski definition) is 0. The molecule has 0 saturated carbocycles. The Morgan fingerprint density at radius 2 is 2.47 bits per heavy atom. The first-order valence-corrected chi connectivity index (χ1v) is 4.44. The van der Waals surface area contributed by atoms with Crippen molar-refractivity contribution in [3.8, 4) is 0 Å². The number of cyclic esters (lactones) is 1. The van der Waals surface area contributed by atoms with Crippen molar-refractivity contribution in [3.63, 3.8) is 0 Å². The van der Waals surface area contributed by atoms with Gasteiger partial charge in [0.25, 0.3) is 0 Å². The average Bonchev–Trinajstić information content (AvgIpc) is 2.55. The highest BCUT2D eigenvalue weighted by Crippen LogP contribution is 2.18. The molecule has 1 heterocycles. The first-order chi connectivity index (χ1) is 7.04. The number of carbonyl (C=O) groups excluding carboxylic acids is 2. The third-order valence-corrected chi connectivity index (χ3v) is 1.95. The van der Waals surface area contributed by atoms with E-state index in [9.17, 15) is 9.59 Å². The van der Waals surface area contributed by atoms with Gasteiger partial charge in [-0.25, -0.2) is 16.2 Å². The standard InChI is InChI=1S/C10H11NO4/c1-6(2)9(12)14-5-7-4-8(11-3)10(13)15-7/h7-8H,1,4-5H2,2H3. The lowest BCUT2D eigenvalue weighted by Crippen LogP contribution is -2.18. The summed E-state index contributed by atoms with van der Waals surface area (Å²) in [6, 6.07) is -0.751. The predicted octanol–water partition coefficient (Wildman–Crippen LogP) is 0.709. The molecule has 0 bridgehead atoms. The zero-order chi connectivity index (χ0) is 11.4. The molecule has 1 aliphatic rings. The normalized spacial score (nSPS) is 24.1. The van der Waals surface area contributed by atoms with Gasteiger partial charge in [-0.05, 0) is 6.92 Å². The molecule has 2 atom stereocenters. The monoisotopic (exact) mass is 209 g/mol. The molecule has 2 unspecified atom stereocenters. The summed E-state index contributed by atoms with van der Waals surface area (Å²) in [6.45, 7) is 11.6. The van der Waals surface area contributed by atoms with Crippen LogP contribution < -0.4 is 0 Å². The van der Waals surface area contributed by atoms with E-state index in [1.165, 1.54) is 6.92 Å². The minimum absolute atomic E-state index is 0.0105. The molecule has 0 amide bonds. The van der Waals surface area contributed by atoms with Crippen molar-refractivity contribution in [3.05, 3.63) is 23.6 Å². The van der Waals surface area contributed by atoms with Gasteiger partial charge in [-0.15, -0.1) is 0 Å². The molecule has 0 aromatic carbocycles. The molecule has 1 rings (SSSR count). The van der Waals surface area contributed by atoms with Crippen LogP contribution in [0.3, 0.4) is 0 Å². The van der Waals surface area contributed by atoms with E-state index in [0.29, 0.717) is 5.57 Å². The quantitative estimate of drug-likeness (QED) is 0.390. The lowest BCUT2D eigenvalue weighted by Gasteiger charge is -2.08. The Morgan fingerprint density at radius 3 is 2.93 bits per heavy atom. The number of ether oxygens (including phenoxy) is 2. The Labute approximate surface area is 87.5 Å². The van der Waals surface area contributed by atoms with Crippen molar-refractivity contribution >= 4 is 11.9 Å². The highest BCUT2D eigenvalue weighted by Gasteiger charge is 2.39. The first kappa shape index (κ1) is 11.2. The summed E-state index contributed by atoms with van der Waals surface area (Å²) in [4.78, 5) is 25.1. The minimum Gasteiger partial charge on any atom is -0.458 e. The van der Waals surface area contributed by atoms with Crippen LogP contribution in [-0.4, -0.2) is 30.7 Å². The van der Waals surface area contributed by atoms with E-state index in [2.05, 4.69) is 11.4 Å². The van der Waals surface area contributed by atoms with Gasteiger partial charge >= 0.3 is 18.0 Å². The summed E-state index contributed by atoms with van der Waals surface area (Å²) in [7, 11) is 0. The minimum atomic E-state index is -0.751. The summed E-state index contributed by atoms with van der Waals surface area (Å²) >= 11 is 0. The number of nitrogens with zero attached hydrogens (tertiary/aromatic N) is 1. The third-order valence-electron chi connectivity index (χ3n) is 1.95. The maximum atomic E-state index is 11.0. The number of hydrogen-bond acceptors (Lipinski definition) is 4. The second kappa shape index (κ2) is 4.60. The molecule has 5 nitrogen and oxygen atoms in total. The van der Waals surface area contributed by atoms with Crippen LogP contribution in [0.4, 0.5) is 0 Å². The fraction of sp³-hybridized carbons (Fsp3) is 0.500. The van der Waals surface area contributed by atoms with Crippen molar-refractivity contribution in [1.82, 2.24) is 0 Å². The Hall–Kier alpha value is -1.83. The highest BCUT2D eigenvalue weighted by molar-refractivity contribution is 5.87. The van der Waals surface area contributed by atoms with Gasteiger partial charge in [0.15, 0.2) is 0 Å². The molecule has 5 heteroatoms. The molecule has 1 fully saturated rings. The van der Waals surface area contributed by atoms with Crippen LogP contribution in [0.15, 0.2) is 12.2 Å². The Morgan fingerprint density at radius 1 is 1.80 bits per heavy atom. The first-order valence-electron chi connectivity index (χ1n) is 4.44. The van der Waals surface area contributed by atoms with Crippen molar-refractivity contribution in [1.29, 1.82) is 0 Å². The van der Waals surface area contributed by atoms with Crippen LogP contribution in [0, 0.1) is 6.57 Å². The summed E-state index contributed by atoms with van der Waals surface area (Å²) < 4.78 is 9.65. The molecule has 1 saturated heterocycles. The van der Waals surface area contributed by atoms with Crippen LogP contribution in [-0.2, 0) is 19.1 Å². The second-order valence-electron chi connectivity index (χ2n) is 3.32. The molecule has 0 spiro atoms. The summed E-state index contributed by atoms with van der Waals surface area (Å²) in [6.07, 6.45) is -0.217.